The normalized spacial score (nSPS) is 11.1. The maximum Gasteiger partial charge on any atom is 0.353 e. The summed E-state index contributed by atoms with van der Waals surface area (Å²) < 4.78 is 30.7. The topological polar surface area (TPSA) is 126 Å². The molecule has 0 unspecified atom stereocenters. The van der Waals surface area contributed by atoms with Crippen molar-refractivity contribution < 1.29 is 22.9 Å². The van der Waals surface area contributed by atoms with Crippen LogP contribution in [0, 0.1) is 17.0 Å². The Labute approximate surface area is 142 Å². The highest BCUT2D eigenvalue weighted by molar-refractivity contribution is 7.91. The van der Waals surface area contributed by atoms with Crippen LogP contribution in [-0.4, -0.2) is 31.0 Å². The van der Waals surface area contributed by atoms with Crippen LogP contribution in [0.2, 0.25) is 0 Å². The number of methoxy groups -OCH3 is 1. The van der Waals surface area contributed by atoms with Gasteiger partial charge in [-0.2, -0.15) is 0 Å². The maximum atomic E-state index is 12.7. The van der Waals surface area contributed by atoms with E-state index in [1.165, 1.54) is 31.2 Å². The predicted octanol–water partition coefficient (Wildman–Crippen LogP) is 1.07. The number of esters is 1. The van der Waals surface area contributed by atoms with Crippen molar-refractivity contribution in [1.29, 1.82) is 0 Å². The van der Waals surface area contributed by atoms with E-state index >= 15 is 0 Å². The summed E-state index contributed by atoms with van der Waals surface area (Å²) in [6, 6.07) is 8.06. The molecule has 10 heteroatoms. The molecule has 0 aliphatic heterocycles. The molecule has 0 aliphatic rings. The Bertz CT molecular complexity index is 995. The van der Waals surface area contributed by atoms with E-state index in [9.17, 15) is 28.1 Å². The van der Waals surface area contributed by atoms with Crippen LogP contribution >= 0.6 is 0 Å². The summed E-state index contributed by atoms with van der Waals surface area (Å²) in [6.45, 7) is 0.811. The zero-order valence-electron chi connectivity index (χ0n) is 13.3. The fourth-order valence-electron chi connectivity index (χ4n) is 2.22. The lowest BCUT2D eigenvalue weighted by Crippen LogP contribution is -2.30. The number of nitrogens with zero attached hydrogens (tertiary/aromatic N) is 2. The number of nitro groups is 1. The summed E-state index contributed by atoms with van der Waals surface area (Å²) >= 11 is 0. The molecular weight excluding hydrogens is 352 g/mol. The molecule has 2 aromatic rings. The van der Waals surface area contributed by atoms with E-state index in [1.807, 2.05) is 0 Å². The van der Waals surface area contributed by atoms with Gasteiger partial charge in [0.05, 0.1) is 16.9 Å². The van der Waals surface area contributed by atoms with Crippen LogP contribution < -0.4 is 5.56 Å². The van der Waals surface area contributed by atoms with Crippen molar-refractivity contribution in [3.8, 4) is 0 Å². The average Bonchev–Trinajstić information content (AvgIpc) is 2.58. The molecule has 2 rings (SSSR count). The van der Waals surface area contributed by atoms with Crippen molar-refractivity contribution >= 4 is 21.5 Å². The molecule has 0 fully saturated rings. The average molecular weight is 366 g/mol. The number of aryl methyl sites for hydroxylation is 1. The Morgan fingerprint density at radius 1 is 1.28 bits per heavy atom. The standard InChI is InChI=1S/C15H14N2O7S/c1-10-8-12(25(22,23)11-6-4-3-5-7-11)14(17(20)21)15(19)16(10)9-13(18)24-2/h3-8H,9H2,1-2H3. The number of sulfone groups is 1. The van der Waals surface area contributed by atoms with Gasteiger partial charge in [0.1, 0.15) is 6.54 Å². The minimum absolute atomic E-state index is 0.0792. The predicted molar refractivity (Wildman–Crippen MR) is 86.0 cm³/mol. The van der Waals surface area contributed by atoms with Crippen molar-refractivity contribution in [2.24, 2.45) is 0 Å². The smallest absolute Gasteiger partial charge is 0.353 e. The highest BCUT2D eigenvalue weighted by atomic mass is 32.2. The Morgan fingerprint density at radius 3 is 2.40 bits per heavy atom. The van der Waals surface area contributed by atoms with Crippen molar-refractivity contribution in [2.75, 3.05) is 7.11 Å². The van der Waals surface area contributed by atoms with Crippen molar-refractivity contribution in [3.05, 3.63) is 62.6 Å². The minimum Gasteiger partial charge on any atom is -0.468 e. The van der Waals surface area contributed by atoms with Crippen LogP contribution in [0.25, 0.3) is 0 Å². The molecule has 0 N–H and O–H groups in total. The lowest BCUT2D eigenvalue weighted by molar-refractivity contribution is -0.389. The zero-order valence-corrected chi connectivity index (χ0v) is 14.1. The van der Waals surface area contributed by atoms with E-state index in [0.29, 0.717) is 0 Å². The quantitative estimate of drug-likeness (QED) is 0.440. The molecule has 0 saturated carbocycles. The molecule has 1 heterocycles. The van der Waals surface area contributed by atoms with Crippen LogP contribution in [0.3, 0.4) is 0 Å². The molecule has 0 spiro atoms. The highest BCUT2D eigenvalue weighted by Crippen LogP contribution is 2.27. The summed E-state index contributed by atoms with van der Waals surface area (Å²) in [6.07, 6.45) is 0. The molecule has 25 heavy (non-hydrogen) atoms. The molecule has 0 radical (unpaired) electrons. The summed E-state index contributed by atoms with van der Waals surface area (Å²) in [4.78, 5) is 33.2. The number of pyridine rings is 1. The largest absolute Gasteiger partial charge is 0.468 e. The number of ether oxygens (including phenoxy) is 1. The molecule has 0 bridgehead atoms. The highest BCUT2D eigenvalue weighted by Gasteiger charge is 2.33. The number of carbonyl (C=O) groups excluding carboxylic acids is 1. The van der Waals surface area contributed by atoms with Gasteiger partial charge in [0.15, 0.2) is 4.90 Å². The van der Waals surface area contributed by atoms with Crippen LogP contribution in [0.15, 0.2) is 51.0 Å². The zero-order chi connectivity index (χ0) is 18.8. The molecule has 132 valence electrons. The van der Waals surface area contributed by atoms with Gasteiger partial charge in [-0.3, -0.25) is 24.3 Å². The maximum absolute atomic E-state index is 12.7. The van der Waals surface area contributed by atoms with Gasteiger partial charge >= 0.3 is 17.2 Å². The third-order valence-corrected chi connectivity index (χ3v) is 5.27. The van der Waals surface area contributed by atoms with Crippen molar-refractivity contribution in [1.82, 2.24) is 4.57 Å². The Hall–Kier alpha value is -3.01. The second-order valence-electron chi connectivity index (χ2n) is 5.04. The second kappa shape index (κ2) is 6.85. The lowest BCUT2D eigenvalue weighted by atomic mass is 10.3. The Balaban J connectivity index is 2.78. The molecule has 0 saturated heterocycles. The number of rotatable bonds is 5. The van der Waals surface area contributed by atoms with Gasteiger partial charge < -0.3 is 4.74 Å². The lowest BCUT2D eigenvalue weighted by Gasteiger charge is -2.12. The fraction of sp³-hybridized carbons (Fsp3) is 0.200. The first-order valence-electron chi connectivity index (χ1n) is 6.96. The van der Waals surface area contributed by atoms with Gasteiger partial charge in [0.2, 0.25) is 9.84 Å². The third kappa shape index (κ3) is 3.43. The third-order valence-electron chi connectivity index (χ3n) is 3.49. The number of hydrogen-bond donors (Lipinski definition) is 0. The summed E-state index contributed by atoms with van der Waals surface area (Å²) in [5, 5.41) is 11.4. The first-order chi connectivity index (χ1) is 11.7. The molecule has 1 aromatic heterocycles. The Morgan fingerprint density at radius 2 is 1.88 bits per heavy atom. The molecule has 0 amide bonds. The Kier molecular flexibility index (Phi) is 5.02. The molecule has 0 atom stereocenters. The van der Waals surface area contributed by atoms with E-state index in [0.717, 1.165) is 17.7 Å². The first-order valence-corrected chi connectivity index (χ1v) is 8.44. The van der Waals surface area contributed by atoms with Crippen LogP contribution in [0.1, 0.15) is 5.69 Å². The first kappa shape index (κ1) is 18.3. The molecule has 1 aromatic carbocycles. The SMILES string of the molecule is COC(=O)Cn1c(C)cc(S(=O)(=O)c2ccccc2)c([N+](=O)[O-])c1=O. The van der Waals surface area contributed by atoms with E-state index in [4.69, 9.17) is 0 Å². The van der Waals surface area contributed by atoms with Crippen LogP contribution in [0.4, 0.5) is 5.69 Å². The molecule has 0 aliphatic carbocycles. The van der Waals surface area contributed by atoms with Gasteiger partial charge in [-0.25, -0.2) is 8.42 Å². The summed E-state index contributed by atoms with van der Waals surface area (Å²) in [5.74, 6) is -0.793. The fourth-order valence-corrected chi connectivity index (χ4v) is 3.73. The van der Waals surface area contributed by atoms with Gasteiger partial charge in [-0.15, -0.1) is 0 Å². The van der Waals surface area contributed by atoms with Crippen LogP contribution in [-0.2, 0) is 25.9 Å². The number of aromatic nitrogens is 1. The van der Waals surface area contributed by atoms with E-state index < -0.39 is 43.4 Å². The molecule has 9 nitrogen and oxygen atoms in total. The van der Waals surface area contributed by atoms with Crippen molar-refractivity contribution in [2.45, 2.75) is 23.3 Å². The molecular formula is C15H14N2O7S. The number of carbonyl (C=O) groups is 1. The van der Waals surface area contributed by atoms with E-state index in [1.54, 1.807) is 6.07 Å². The van der Waals surface area contributed by atoms with E-state index in [2.05, 4.69) is 4.74 Å². The summed E-state index contributed by atoms with van der Waals surface area (Å²) in [5.41, 5.74) is -2.22. The monoisotopic (exact) mass is 366 g/mol. The minimum atomic E-state index is -4.28. The number of hydrogen-bond acceptors (Lipinski definition) is 7. The van der Waals surface area contributed by atoms with Gasteiger partial charge in [0, 0.05) is 5.69 Å². The van der Waals surface area contributed by atoms with Crippen molar-refractivity contribution in [3.63, 3.8) is 0 Å². The van der Waals surface area contributed by atoms with Gasteiger partial charge in [-0.05, 0) is 25.1 Å². The van der Waals surface area contributed by atoms with Crippen LogP contribution in [0.5, 0.6) is 0 Å². The van der Waals surface area contributed by atoms with E-state index in [-0.39, 0.29) is 10.6 Å². The summed E-state index contributed by atoms with van der Waals surface area (Å²) in [7, 11) is -3.18. The van der Waals surface area contributed by atoms with Gasteiger partial charge in [0.25, 0.3) is 0 Å². The second-order valence-corrected chi connectivity index (χ2v) is 6.96. The van der Waals surface area contributed by atoms with Gasteiger partial charge in [-0.1, -0.05) is 18.2 Å². The number of benzene rings is 1.